The van der Waals surface area contributed by atoms with Gasteiger partial charge in [-0.1, -0.05) is 53.5 Å². The van der Waals surface area contributed by atoms with Gasteiger partial charge in [0.05, 0.1) is 35.6 Å². The third kappa shape index (κ3) is 7.37. The highest BCUT2D eigenvalue weighted by molar-refractivity contribution is 6.39. The van der Waals surface area contributed by atoms with Crippen molar-refractivity contribution in [3.05, 3.63) is 82.1 Å². The molecule has 13 nitrogen and oxygen atoms in total. The molecule has 5 heterocycles. The van der Waals surface area contributed by atoms with E-state index in [4.69, 9.17) is 42.9 Å². The molecule has 2 aliphatic rings. The van der Waals surface area contributed by atoms with Gasteiger partial charge in [-0.15, -0.1) is 0 Å². The standard InChI is InChI=1S/C38H38Cl2N8O5/c1-46(30-13-15-32(50)44-30)17-22-18-47(2)36-28(22)16-41-35(45-36)27-9-5-7-25(34(27)40)24-6-4-8-26(33(24)39)29-12-10-21(37(43-29)53-3)19-48(38(51)52)20-23-11-14-31(49)42-23/h4-10,12,16,18,23,30H,11,13-15,17,19-20H2,1-3H3,(H,42,49)(H,44,50)(H,51,52)/t23-,30-/m0/s1. The number of carbonyl (C=O) groups is 3. The molecular weight excluding hydrogens is 719 g/mol. The smallest absolute Gasteiger partial charge is 0.407 e. The van der Waals surface area contributed by atoms with E-state index >= 15 is 0 Å². The molecule has 0 radical (unpaired) electrons. The van der Waals surface area contributed by atoms with Crippen LogP contribution in [0.2, 0.25) is 10.0 Å². The Kier molecular flexibility index (Phi) is 10.2. The Morgan fingerprint density at radius 3 is 2.26 bits per heavy atom. The second-order valence-electron chi connectivity index (χ2n) is 13.4. The van der Waals surface area contributed by atoms with Crippen molar-refractivity contribution >= 4 is 52.1 Å². The molecule has 0 spiro atoms. The number of carbonyl (C=O) groups excluding carboxylic acids is 2. The highest BCUT2D eigenvalue weighted by atomic mass is 35.5. The number of carboxylic acid groups (broad SMARTS) is 1. The molecule has 0 unspecified atom stereocenters. The number of benzene rings is 2. The molecule has 7 rings (SSSR count). The minimum absolute atomic E-state index is 0.00407. The van der Waals surface area contributed by atoms with Crippen molar-refractivity contribution in [1.82, 2.24) is 40.0 Å². The highest BCUT2D eigenvalue weighted by Gasteiger charge is 2.27. The monoisotopic (exact) mass is 756 g/mol. The third-order valence-corrected chi connectivity index (χ3v) is 10.6. The first-order valence-electron chi connectivity index (χ1n) is 17.2. The predicted octanol–water partition coefficient (Wildman–Crippen LogP) is 6.11. The van der Waals surface area contributed by atoms with E-state index in [-0.39, 0.29) is 43.0 Å². The molecular formula is C38H38Cl2N8O5. The Morgan fingerprint density at radius 1 is 0.925 bits per heavy atom. The van der Waals surface area contributed by atoms with Crippen molar-refractivity contribution in [1.29, 1.82) is 0 Å². The summed E-state index contributed by atoms with van der Waals surface area (Å²) in [6.07, 6.45) is 5.01. The first kappa shape index (κ1) is 36.1. The first-order valence-corrected chi connectivity index (χ1v) is 18.0. The maximum absolute atomic E-state index is 12.1. The Morgan fingerprint density at radius 2 is 1.60 bits per heavy atom. The molecule has 53 heavy (non-hydrogen) atoms. The van der Waals surface area contributed by atoms with E-state index in [9.17, 15) is 19.5 Å². The minimum atomic E-state index is -1.11. The van der Waals surface area contributed by atoms with Gasteiger partial charge in [0.1, 0.15) is 5.65 Å². The molecule has 2 atom stereocenters. The number of halogens is 2. The number of hydrogen-bond acceptors (Lipinski definition) is 8. The van der Waals surface area contributed by atoms with Crippen LogP contribution in [0.25, 0.3) is 44.8 Å². The number of fused-ring (bicyclic) bond motifs is 1. The molecule has 0 saturated carbocycles. The van der Waals surface area contributed by atoms with Gasteiger partial charge in [-0.2, -0.15) is 0 Å². The summed E-state index contributed by atoms with van der Waals surface area (Å²) in [4.78, 5) is 53.2. The largest absolute Gasteiger partial charge is 0.481 e. The fraction of sp³-hybridized carbons (Fsp3) is 0.316. The second kappa shape index (κ2) is 15.0. The van der Waals surface area contributed by atoms with E-state index < -0.39 is 6.09 Å². The minimum Gasteiger partial charge on any atom is -0.481 e. The molecule has 2 saturated heterocycles. The van der Waals surface area contributed by atoms with Crippen molar-refractivity contribution < 1.29 is 24.2 Å². The van der Waals surface area contributed by atoms with Crippen LogP contribution in [0.1, 0.15) is 36.8 Å². The average Bonchev–Trinajstić information content (AvgIpc) is 3.86. The van der Waals surface area contributed by atoms with Gasteiger partial charge in [-0.05, 0) is 43.7 Å². The maximum atomic E-state index is 12.1. The third-order valence-electron chi connectivity index (χ3n) is 9.82. The van der Waals surface area contributed by atoms with Crippen molar-refractivity contribution in [2.75, 3.05) is 20.7 Å². The van der Waals surface area contributed by atoms with Gasteiger partial charge < -0.3 is 29.9 Å². The van der Waals surface area contributed by atoms with E-state index in [1.54, 1.807) is 12.1 Å². The molecule has 0 aliphatic carbocycles. The molecule has 274 valence electrons. The van der Waals surface area contributed by atoms with Crippen molar-refractivity contribution in [3.63, 3.8) is 0 Å². The summed E-state index contributed by atoms with van der Waals surface area (Å²) in [6.45, 7) is 0.815. The van der Waals surface area contributed by atoms with E-state index in [1.165, 1.54) is 12.0 Å². The molecule has 2 aromatic carbocycles. The number of aromatic nitrogens is 4. The van der Waals surface area contributed by atoms with Crippen LogP contribution in [-0.2, 0) is 29.7 Å². The van der Waals surface area contributed by atoms with Gasteiger partial charge in [-0.3, -0.25) is 14.5 Å². The lowest BCUT2D eigenvalue weighted by molar-refractivity contribution is -0.120. The van der Waals surface area contributed by atoms with Crippen LogP contribution in [0.5, 0.6) is 5.88 Å². The van der Waals surface area contributed by atoms with E-state index in [2.05, 4.69) is 15.5 Å². The van der Waals surface area contributed by atoms with Gasteiger partial charge in [0, 0.05) is 84.6 Å². The van der Waals surface area contributed by atoms with Crippen LogP contribution in [-0.4, -0.2) is 85.2 Å². The SMILES string of the molecule is COc1nc(-c2cccc(-c3cccc(-c4ncc5c(CN(C)[C@H]6CCC(=O)N6)cn(C)c5n4)c3Cl)c2Cl)ccc1CN(C[C@@H]1CCC(=O)N1)C(=O)O. The maximum Gasteiger partial charge on any atom is 0.407 e. The summed E-state index contributed by atoms with van der Waals surface area (Å²) in [5, 5.41) is 17.5. The van der Waals surface area contributed by atoms with E-state index in [0.717, 1.165) is 23.0 Å². The second-order valence-corrected chi connectivity index (χ2v) is 14.2. The number of pyridine rings is 1. The number of hydrogen-bond donors (Lipinski definition) is 3. The quantitative estimate of drug-likeness (QED) is 0.145. The normalized spacial score (nSPS) is 17.0. The Balaban J connectivity index is 1.15. The molecule has 3 amide bonds. The lowest BCUT2D eigenvalue weighted by Crippen LogP contribution is -2.41. The first-order chi connectivity index (χ1) is 25.5. The highest BCUT2D eigenvalue weighted by Crippen LogP contribution is 2.42. The number of amides is 3. The summed E-state index contributed by atoms with van der Waals surface area (Å²) < 4.78 is 7.57. The van der Waals surface area contributed by atoms with Gasteiger partial charge in [0.2, 0.25) is 17.7 Å². The number of aryl methyl sites for hydroxylation is 1. The van der Waals surface area contributed by atoms with Crippen LogP contribution in [0.4, 0.5) is 4.79 Å². The fourth-order valence-electron chi connectivity index (χ4n) is 7.06. The summed E-state index contributed by atoms with van der Waals surface area (Å²) in [5.41, 5.74) is 5.56. The van der Waals surface area contributed by atoms with Crippen LogP contribution < -0.4 is 15.4 Å². The van der Waals surface area contributed by atoms with Crippen LogP contribution in [0.3, 0.4) is 0 Å². The van der Waals surface area contributed by atoms with Gasteiger partial charge in [0.25, 0.3) is 0 Å². The Bertz CT molecular complexity index is 2240. The fourth-order valence-corrected chi connectivity index (χ4v) is 7.70. The summed E-state index contributed by atoms with van der Waals surface area (Å²) in [6, 6.07) is 14.5. The number of nitrogens with one attached hydrogen (secondary N) is 2. The summed E-state index contributed by atoms with van der Waals surface area (Å²) in [5.74, 6) is 0.721. The summed E-state index contributed by atoms with van der Waals surface area (Å²) in [7, 11) is 5.42. The number of methoxy groups -OCH3 is 1. The zero-order valence-corrected chi connectivity index (χ0v) is 30.9. The number of ether oxygens (including phenoxy) is 1. The molecule has 3 N–H and O–H groups in total. The zero-order chi connectivity index (χ0) is 37.4. The molecule has 5 aromatic rings. The van der Waals surface area contributed by atoms with E-state index in [1.807, 2.05) is 67.5 Å². The van der Waals surface area contributed by atoms with Crippen LogP contribution in [0, 0.1) is 0 Å². The average molecular weight is 758 g/mol. The molecule has 3 aromatic heterocycles. The molecule has 15 heteroatoms. The molecule has 2 fully saturated rings. The molecule has 2 aliphatic heterocycles. The molecule has 0 bridgehead atoms. The predicted molar refractivity (Wildman–Crippen MR) is 201 cm³/mol. The lowest BCUT2D eigenvalue weighted by Gasteiger charge is -2.23. The van der Waals surface area contributed by atoms with Crippen molar-refractivity contribution in [2.45, 2.75) is 51.0 Å². The van der Waals surface area contributed by atoms with Gasteiger partial charge in [-0.25, -0.2) is 19.7 Å². The van der Waals surface area contributed by atoms with Crippen molar-refractivity contribution in [3.8, 4) is 39.7 Å². The van der Waals surface area contributed by atoms with Crippen molar-refractivity contribution in [2.24, 2.45) is 7.05 Å². The zero-order valence-electron chi connectivity index (χ0n) is 29.4. The van der Waals surface area contributed by atoms with Gasteiger partial charge in [0.15, 0.2) is 5.82 Å². The van der Waals surface area contributed by atoms with E-state index in [0.29, 0.717) is 75.2 Å². The Hall–Kier alpha value is -5.24. The Labute approximate surface area is 315 Å². The number of nitrogens with zero attached hydrogens (tertiary/aromatic N) is 6. The topological polar surface area (TPSA) is 155 Å². The lowest BCUT2D eigenvalue weighted by atomic mass is 9.99. The van der Waals surface area contributed by atoms with Crippen LogP contribution in [0.15, 0.2) is 60.9 Å². The van der Waals surface area contributed by atoms with Gasteiger partial charge >= 0.3 is 6.09 Å². The van der Waals surface area contributed by atoms with Crippen LogP contribution >= 0.6 is 23.2 Å². The number of rotatable bonds is 11. The summed E-state index contributed by atoms with van der Waals surface area (Å²) >= 11 is 14.2.